The van der Waals surface area contributed by atoms with E-state index in [1.807, 2.05) is 23.3 Å². The van der Waals surface area contributed by atoms with Crippen molar-refractivity contribution >= 4 is 17.7 Å². The molecule has 0 radical (unpaired) electrons. The minimum absolute atomic E-state index is 0.0391. The number of carbonyl (C=O) groups excluding carboxylic acids is 1. The highest BCUT2D eigenvalue weighted by Crippen LogP contribution is 2.25. The summed E-state index contributed by atoms with van der Waals surface area (Å²) in [7, 11) is 0. The van der Waals surface area contributed by atoms with Gasteiger partial charge in [-0.05, 0) is 38.1 Å². The molecule has 2 heterocycles. The van der Waals surface area contributed by atoms with Crippen LogP contribution in [0.15, 0.2) is 42.1 Å². The number of carbonyl (C=O) groups is 1. The maximum absolute atomic E-state index is 13.2. The SMILES string of the molecule is C=CCn1c(SCC(=O)N2CC(C)OC(C)C2)nnc1-c1ccc(F)cc1. The molecule has 8 heteroatoms. The van der Waals surface area contributed by atoms with Gasteiger partial charge in [-0.15, -0.1) is 16.8 Å². The van der Waals surface area contributed by atoms with Gasteiger partial charge < -0.3 is 9.64 Å². The van der Waals surface area contributed by atoms with Gasteiger partial charge in [-0.25, -0.2) is 4.39 Å². The van der Waals surface area contributed by atoms with Crippen LogP contribution in [0.25, 0.3) is 11.4 Å². The fourth-order valence-corrected chi connectivity index (χ4v) is 3.95. The summed E-state index contributed by atoms with van der Waals surface area (Å²) >= 11 is 1.35. The van der Waals surface area contributed by atoms with E-state index in [9.17, 15) is 9.18 Å². The minimum atomic E-state index is -0.303. The van der Waals surface area contributed by atoms with Crippen molar-refractivity contribution in [3.63, 3.8) is 0 Å². The lowest BCUT2D eigenvalue weighted by Gasteiger charge is -2.35. The minimum Gasteiger partial charge on any atom is -0.372 e. The van der Waals surface area contributed by atoms with Crippen LogP contribution in [0, 0.1) is 5.82 Å². The van der Waals surface area contributed by atoms with E-state index in [4.69, 9.17) is 4.74 Å². The molecular formula is C19H23FN4O2S. The van der Waals surface area contributed by atoms with Crippen LogP contribution >= 0.6 is 11.8 Å². The first-order chi connectivity index (χ1) is 13.0. The quantitative estimate of drug-likeness (QED) is 0.561. The van der Waals surface area contributed by atoms with Gasteiger partial charge in [0.1, 0.15) is 5.82 Å². The summed E-state index contributed by atoms with van der Waals surface area (Å²) in [5.74, 6) is 0.651. The summed E-state index contributed by atoms with van der Waals surface area (Å²) < 4.78 is 20.7. The monoisotopic (exact) mass is 390 g/mol. The van der Waals surface area contributed by atoms with Gasteiger partial charge in [0.15, 0.2) is 11.0 Å². The van der Waals surface area contributed by atoms with E-state index in [0.29, 0.717) is 30.6 Å². The number of thioether (sulfide) groups is 1. The van der Waals surface area contributed by atoms with Crippen LogP contribution < -0.4 is 0 Å². The Morgan fingerprint density at radius 1 is 1.30 bits per heavy atom. The molecule has 1 aromatic heterocycles. The zero-order valence-corrected chi connectivity index (χ0v) is 16.3. The summed E-state index contributed by atoms with van der Waals surface area (Å²) in [6, 6.07) is 6.10. The molecule has 1 aliphatic heterocycles. The first-order valence-corrected chi connectivity index (χ1v) is 9.82. The van der Waals surface area contributed by atoms with Crippen molar-refractivity contribution in [3.8, 4) is 11.4 Å². The molecule has 1 aromatic carbocycles. The van der Waals surface area contributed by atoms with Crippen LogP contribution in [-0.4, -0.2) is 56.6 Å². The highest BCUT2D eigenvalue weighted by atomic mass is 32.2. The van der Waals surface area contributed by atoms with E-state index in [2.05, 4.69) is 16.8 Å². The second-order valence-corrected chi connectivity index (χ2v) is 7.50. The number of benzene rings is 1. The molecule has 2 unspecified atom stereocenters. The number of nitrogens with zero attached hydrogens (tertiary/aromatic N) is 4. The normalized spacial score (nSPS) is 19.9. The van der Waals surface area contributed by atoms with Gasteiger partial charge in [0.2, 0.25) is 5.91 Å². The van der Waals surface area contributed by atoms with Crippen LogP contribution in [-0.2, 0) is 16.1 Å². The zero-order chi connectivity index (χ0) is 19.4. The van der Waals surface area contributed by atoms with E-state index in [0.717, 1.165) is 5.56 Å². The fourth-order valence-electron chi connectivity index (χ4n) is 3.10. The van der Waals surface area contributed by atoms with E-state index in [1.54, 1.807) is 18.2 Å². The fraction of sp³-hybridized carbons (Fsp3) is 0.421. The topological polar surface area (TPSA) is 60.2 Å². The highest BCUT2D eigenvalue weighted by Gasteiger charge is 2.26. The van der Waals surface area contributed by atoms with Crippen molar-refractivity contribution < 1.29 is 13.9 Å². The van der Waals surface area contributed by atoms with E-state index >= 15 is 0 Å². The van der Waals surface area contributed by atoms with Crippen molar-refractivity contribution in [2.24, 2.45) is 0 Å². The van der Waals surface area contributed by atoms with E-state index in [-0.39, 0.29) is 29.7 Å². The number of ether oxygens (including phenoxy) is 1. The lowest BCUT2D eigenvalue weighted by molar-refractivity contribution is -0.140. The van der Waals surface area contributed by atoms with Crippen LogP contribution in [0.3, 0.4) is 0 Å². The summed E-state index contributed by atoms with van der Waals surface area (Å²) in [6.07, 6.45) is 1.82. The Bertz CT molecular complexity index is 799. The third-order valence-electron chi connectivity index (χ3n) is 4.23. The molecule has 1 saturated heterocycles. The number of allylic oxidation sites excluding steroid dienone is 1. The lowest BCUT2D eigenvalue weighted by Crippen LogP contribution is -2.48. The second-order valence-electron chi connectivity index (χ2n) is 6.56. The number of morpholine rings is 1. The first kappa shape index (κ1) is 19.6. The number of aromatic nitrogens is 3. The average molecular weight is 390 g/mol. The van der Waals surface area contributed by atoms with Crippen LogP contribution in [0.2, 0.25) is 0 Å². The predicted octanol–water partition coefficient (Wildman–Crippen LogP) is 3.00. The Morgan fingerprint density at radius 2 is 1.96 bits per heavy atom. The van der Waals surface area contributed by atoms with Crippen LogP contribution in [0.4, 0.5) is 4.39 Å². The molecule has 1 fully saturated rings. The molecule has 2 atom stereocenters. The molecule has 3 rings (SSSR count). The van der Waals surface area contributed by atoms with Gasteiger partial charge in [-0.2, -0.15) is 0 Å². The zero-order valence-electron chi connectivity index (χ0n) is 15.5. The van der Waals surface area contributed by atoms with Gasteiger partial charge >= 0.3 is 0 Å². The molecule has 0 N–H and O–H groups in total. The average Bonchev–Trinajstić information content (AvgIpc) is 3.02. The molecule has 2 aromatic rings. The van der Waals surface area contributed by atoms with Gasteiger partial charge in [0.05, 0.1) is 18.0 Å². The summed E-state index contributed by atoms with van der Waals surface area (Å²) in [4.78, 5) is 14.4. The van der Waals surface area contributed by atoms with Gasteiger partial charge in [0.25, 0.3) is 0 Å². The van der Waals surface area contributed by atoms with Crippen LogP contribution in [0.5, 0.6) is 0 Å². The van der Waals surface area contributed by atoms with Crippen molar-refractivity contribution in [1.29, 1.82) is 0 Å². The summed E-state index contributed by atoms with van der Waals surface area (Å²) in [5.41, 5.74) is 0.764. The Kier molecular flexibility index (Phi) is 6.28. The molecule has 0 spiro atoms. The van der Waals surface area contributed by atoms with E-state index < -0.39 is 0 Å². The highest BCUT2D eigenvalue weighted by molar-refractivity contribution is 7.99. The van der Waals surface area contributed by atoms with Crippen LogP contribution in [0.1, 0.15) is 13.8 Å². The molecule has 0 saturated carbocycles. The number of rotatable bonds is 6. The number of amides is 1. The molecule has 1 amide bonds. The first-order valence-electron chi connectivity index (χ1n) is 8.84. The lowest BCUT2D eigenvalue weighted by atomic mass is 10.2. The number of hydrogen-bond acceptors (Lipinski definition) is 5. The van der Waals surface area contributed by atoms with Gasteiger partial charge in [-0.3, -0.25) is 9.36 Å². The standard InChI is InChI=1S/C19H23FN4O2S/c1-4-9-24-18(15-5-7-16(20)8-6-15)21-22-19(24)27-12-17(25)23-10-13(2)26-14(3)11-23/h4-8,13-14H,1,9-12H2,2-3H3. The molecule has 0 aliphatic carbocycles. The van der Waals surface area contributed by atoms with Crippen molar-refractivity contribution in [2.45, 2.75) is 37.8 Å². The van der Waals surface area contributed by atoms with Crippen molar-refractivity contribution in [3.05, 3.63) is 42.7 Å². The Morgan fingerprint density at radius 3 is 2.59 bits per heavy atom. The predicted molar refractivity (Wildman–Crippen MR) is 103 cm³/mol. The smallest absolute Gasteiger partial charge is 0.233 e. The largest absolute Gasteiger partial charge is 0.372 e. The van der Waals surface area contributed by atoms with Crippen molar-refractivity contribution in [2.75, 3.05) is 18.8 Å². The van der Waals surface area contributed by atoms with Gasteiger partial charge in [-0.1, -0.05) is 17.8 Å². The third-order valence-corrected chi connectivity index (χ3v) is 5.18. The maximum Gasteiger partial charge on any atom is 0.233 e. The third kappa shape index (κ3) is 4.75. The molecular weight excluding hydrogens is 367 g/mol. The van der Waals surface area contributed by atoms with Crippen molar-refractivity contribution in [1.82, 2.24) is 19.7 Å². The summed E-state index contributed by atoms with van der Waals surface area (Å²) in [5, 5.41) is 9.08. The molecule has 1 aliphatic rings. The maximum atomic E-state index is 13.2. The second kappa shape index (κ2) is 8.67. The van der Waals surface area contributed by atoms with Gasteiger partial charge in [0, 0.05) is 25.2 Å². The number of halogens is 1. The Labute approximate surface area is 162 Å². The Balaban J connectivity index is 1.72. The molecule has 27 heavy (non-hydrogen) atoms. The Hall–Kier alpha value is -2.19. The summed E-state index contributed by atoms with van der Waals surface area (Å²) in [6.45, 7) is 9.42. The number of hydrogen-bond donors (Lipinski definition) is 0. The molecule has 0 bridgehead atoms. The van der Waals surface area contributed by atoms with E-state index in [1.165, 1.54) is 23.9 Å². The molecule has 144 valence electrons. The molecule has 6 nitrogen and oxygen atoms in total.